The number of nitrogen functional groups attached to an aromatic ring is 1. The molecule has 0 aliphatic heterocycles. The Bertz CT molecular complexity index is 601. The number of unbranched alkanes of at least 4 members (excludes halogenated alkanes) is 15. The van der Waals surface area contributed by atoms with Gasteiger partial charge >= 0.3 is 0 Å². The van der Waals surface area contributed by atoms with Crippen molar-refractivity contribution in [1.29, 1.82) is 0 Å². The van der Waals surface area contributed by atoms with E-state index in [2.05, 4.69) is 16.9 Å². The molecular formula is C24H46N4O2. The van der Waals surface area contributed by atoms with Crippen molar-refractivity contribution in [3.8, 4) is 5.88 Å². The van der Waals surface area contributed by atoms with Gasteiger partial charge in [0.2, 0.25) is 11.8 Å². The molecule has 0 aromatic carbocycles. The monoisotopic (exact) mass is 422 g/mol. The Morgan fingerprint density at radius 3 is 1.77 bits per heavy atom. The van der Waals surface area contributed by atoms with Gasteiger partial charge in [0.1, 0.15) is 0 Å². The molecule has 0 atom stereocenters. The van der Waals surface area contributed by atoms with E-state index in [1.54, 1.807) is 6.07 Å². The Hall–Kier alpha value is -1.72. The van der Waals surface area contributed by atoms with Gasteiger partial charge in [0.25, 0.3) is 0 Å². The molecule has 0 saturated carbocycles. The number of anilines is 1. The molecule has 6 nitrogen and oxygen atoms in total. The van der Waals surface area contributed by atoms with Crippen LogP contribution in [0.4, 0.5) is 5.95 Å². The van der Waals surface area contributed by atoms with E-state index in [1.165, 1.54) is 96.3 Å². The molecule has 3 N–H and O–H groups in total. The number of nitrogens with zero attached hydrogens (tertiary/aromatic N) is 3. The Kier molecular flexibility index (Phi) is 15.9. The summed E-state index contributed by atoms with van der Waals surface area (Å²) in [5.41, 5.74) is 6.07. The summed E-state index contributed by atoms with van der Waals surface area (Å²) in [7, 11) is 0. The highest BCUT2D eigenvalue weighted by molar-refractivity contribution is 5.21. The highest BCUT2D eigenvalue weighted by Gasteiger charge is 2.03. The largest absolute Gasteiger partial charge is 0.478 e. The minimum absolute atomic E-state index is 0.00771. The SMILES string of the molecule is CCCCCCCCCCCCCCCCCCN=c1cc(OCC)nc(N)n1O. The molecule has 0 unspecified atom stereocenters. The van der Waals surface area contributed by atoms with E-state index in [0.29, 0.717) is 24.5 Å². The van der Waals surface area contributed by atoms with E-state index in [9.17, 15) is 5.21 Å². The van der Waals surface area contributed by atoms with Crippen LogP contribution in [0.5, 0.6) is 5.88 Å². The van der Waals surface area contributed by atoms with Crippen molar-refractivity contribution in [2.45, 2.75) is 117 Å². The van der Waals surface area contributed by atoms with E-state index in [1.807, 2.05) is 6.92 Å². The van der Waals surface area contributed by atoms with Crippen molar-refractivity contribution < 1.29 is 9.94 Å². The average Bonchev–Trinajstić information content (AvgIpc) is 2.73. The van der Waals surface area contributed by atoms with Gasteiger partial charge in [-0.05, 0) is 13.3 Å². The molecule has 0 saturated heterocycles. The second kappa shape index (κ2) is 18.1. The van der Waals surface area contributed by atoms with Crippen LogP contribution in [0.15, 0.2) is 11.1 Å². The van der Waals surface area contributed by atoms with Crippen LogP contribution in [0, 0.1) is 0 Å². The van der Waals surface area contributed by atoms with Crippen molar-refractivity contribution in [2.24, 2.45) is 4.99 Å². The molecule has 0 aliphatic carbocycles. The van der Waals surface area contributed by atoms with Crippen LogP contribution in [0.1, 0.15) is 117 Å². The Balaban J connectivity index is 1.97. The van der Waals surface area contributed by atoms with Gasteiger partial charge in [0.05, 0.1) is 6.61 Å². The number of nitrogens with two attached hydrogens (primary N) is 1. The van der Waals surface area contributed by atoms with Gasteiger partial charge in [-0.15, -0.1) is 4.73 Å². The van der Waals surface area contributed by atoms with E-state index in [4.69, 9.17) is 10.5 Å². The van der Waals surface area contributed by atoms with Gasteiger partial charge < -0.3 is 15.7 Å². The maximum atomic E-state index is 9.91. The molecular weight excluding hydrogens is 376 g/mol. The summed E-state index contributed by atoms with van der Waals surface area (Å²) in [6.45, 7) is 5.33. The topological polar surface area (TPSA) is 85.7 Å². The quantitative estimate of drug-likeness (QED) is 0.203. The molecule has 0 aliphatic rings. The van der Waals surface area contributed by atoms with Crippen LogP contribution < -0.4 is 16.0 Å². The highest BCUT2D eigenvalue weighted by Crippen LogP contribution is 2.13. The third-order valence-electron chi connectivity index (χ3n) is 5.49. The van der Waals surface area contributed by atoms with Crippen molar-refractivity contribution in [1.82, 2.24) is 9.71 Å². The molecule has 1 aromatic heterocycles. The first kappa shape index (κ1) is 26.3. The lowest BCUT2D eigenvalue weighted by Crippen LogP contribution is -2.23. The fourth-order valence-electron chi connectivity index (χ4n) is 3.67. The highest BCUT2D eigenvalue weighted by atomic mass is 16.5. The summed E-state index contributed by atoms with van der Waals surface area (Å²) in [6.07, 6.45) is 21.6. The Labute approximate surface area is 183 Å². The van der Waals surface area contributed by atoms with Gasteiger partial charge in [0.15, 0.2) is 5.49 Å². The summed E-state index contributed by atoms with van der Waals surface area (Å²) >= 11 is 0. The zero-order valence-corrected chi connectivity index (χ0v) is 19.6. The van der Waals surface area contributed by atoms with Crippen LogP contribution in [-0.2, 0) is 0 Å². The first-order valence-corrected chi connectivity index (χ1v) is 12.4. The third kappa shape index (κ3) is 12.8. The van der Waals surface area contributed by atoms with Crippen molar-refractivity contribution >= 4 is 5.95 Å². The molecule has 0 amide bonds. The second-order valence-electron chi connectivity index (χ2n) is 8.24. The summed E-state index contributed by atoms with van der Waals surface area (Å²) in [5, 5.41) is 9.91. The second-order valence-corrected chi connectivity index (χ2v) is 8.24. The molecule has 0 spiro atoms. The number of rotatable bonds is 19. The third-order valence-corrected chi connectivity index (χ3v) is 5.49. The first-order chi connectivity index (χ1) is 14.7. The number of hydrogen-bond acceptors (Lipinski definition) is 5. The zero-order valence-electron chi connectivity index (χ0n) is 19.6. The van der Waals surface area contributed by atoms with Gasteiger partial charge in [-0.1, -0.05) is 103 Å². The zero-order chi connectivity index (χ0) is 21.9. The average molecular weight is 423 g/mol. The van der Waals surface area contributed by atoms with Gasteiger partial charge in [-0.3, -0.25) is 4.99 Å². The van der Waals surface area contributed by atoms with Crippen LogP contribution >= 0.6 is 0 Å². The predicted molar refractivity (Wildman–Crippen MR) is 125 cm³/mol. The maximum absolute atomic E-state index is 9.91. The van der Waals surface area contributed by atoms with Gasteiger partial charge in [-0.25, -0.2) is 0 Å². The standard InChI is InChI=1S/C24H46N4O2/c1-3-5-6-7-8-9-10-11-12-13-14-15-16-17-18-19-20-26-22-21-23(30-4-2)27-24(25)28(22)29/h21,29H,3-20H2,1-2H3,(H2,25,27). The van der Waals surface area contributed by atoms with Crippen molar-refractivity contribution in [3.05, 3.63) is 11.6 Å². The van der Waals surface area contributed by atoms with Gasteiger partial charge in [0, 0.05) is 12.6 Å². The lowest BCUT2D eigenvalue weighted by molar-refractivity contribution is 0.172. The van der Waals surface area contributed by atoms with E-state index in [0.717, 1.165) is 11.2 Å². The smallest absolute Gasteiger partial charge is 0.239 e. The van der Waals surface area contributed by atoms with E-state index in [-0.39, 0.29) is 5.95 Å². The Morgan fingerprint density at radius 2 is 1.30 bits per heavy atom. The van der Waals surface area contributed by atoms with Gasteiger partial charge in [-0.2, -0.15) is 4.98 Å². The molecule has 6 heteroatoms. The normalized spacial score (nSPS) is 11.9. The molecule has 1 rings (SSSR count). The van der Waals surface area contributed by atoms with Crippen molar-refractivity contribution in [3.63, 3.8) is 0 Å². The number of hydrogen-bond donors (Lipinski definition) is 2. The molecule has 30 heavy (non-hydrogen) atoms. The van der Waals surface area contributed by atoms with Crippen LogP contribution in [-0.4, -0.2) is 28.1 Å². The lowest BCUT2D eigenvalue weighted by Gasteiger charge is -2.06. The fraction of sp³-hybridized carbons (Fsp3) is 0.833. The molecule has 0 bridgehead atoms. The van der Waals surface area contributed by atoms with Crippen LogP contribution in [0.25, 0.3) is 0 Å². The summed E-state index contributed by atoms with van der Waals surface area (Å²) in [4.78, 5) is 8.38. The Morgan fingerprint density at radius 1 is 0.833 bits per heavy atom. The predicted octanol–water partition coefficient (Wildman–Crippen LogP) is 6.26. The molecule has 0 fully saturated rings. The first-order valence-electron chi connectivity index (χ1n) is 12.4. The van der Waals surface area contributed by atoms with E-state index < -0.39 is 0 Å². The minimum Gasteiger partial charge on any atom is -0.478 e. The number of aromatic nitrogens is 2. The maximum Gasteiger partial charge on any atom is 0.239 e. The minimum atomic E-state index is -0.00771. The van der Waals surface area contributed by atoms with Crippen LogP contribution in [0.2, 0.25) is 0 Å². The van der Waals surface area contributed by atoms with Crippen molar-refractivity contribution in [2.75, 3.05) is 18.9 Å². The van der Waals surface area contributed by atoms with E-state index >= 15 is 0 Å². The summed E-state index contributed by atoms with van der Waals surface area (Å²) in [6, 6.07) is 1.62. The molecule has 1 aromatic rings. The number of ether oxygens (including phenoxy) is 1. The lowest BCUT2D eigenvalue weighted by atomic mass is 10.0. The summed E-state index contributed by atoms with van der Waals surface area (Å²) in [5.74, 6) is 0.387. The van der Waals surface area contributed by atoms with Crippen LogP contribution in [0.3, 0.4) is 0 Å². The summed E-state index contributed by atoms with van der Waals surface area (Å²) < 4.78 is 6.16. The molecule has 174 valence electrons. The fourth-order valence-corrected chi connectivity index (χ4v) is 3.67. The molecule has 0 radical (unpaired) electrons. The molecule has 1 heterocycles.